The van der Waals surface area contributed by atoms with Gasteiger partial charge in [0.25, 0.3) is 0 Å². The van der Waals surface area contributed by atoms with Crippen LogP contribution in [-0.4, -0.2) is 18.8 Å². The van der Waals surface area contributed by atoms with Crippen molar-refractivity contribution in [2.75, 3.05) is 13.2 Å². The number of alkyl halides is 1. The number of benzene rings is 1. The molecular weight excluding hydrogens is 294 g/mol. The third-order valence-electron chi connectivity index (χ3n) is 2.09. The molecule has 0 heterocycles. The Bertz CT molecular complexity index is 400. The molecule has 0 saturated heterocycles. The maximum Gasteiger partial charge on any atom is 0.142 e. The molecule has 0 bridgehead atoms. The highest BCUT2D eigenvalue weighted by atomic mass is 35.5. The van der Waals surface area contributed by atoms with Crippen LogP contribution in [0.3, 0.4) is 0 Å². The van der Waals surface area contributed by atoms with Crippen LogP contribution in [0.1, 0.15) is 26.3 Å². The van der Waals surface area contributed by atoms with Gasteiger partial charge in [-0.15, -0.1) is 11.6 Å². The average molecular weight is 312 g/mol. The minimum atomic E-state index is -0.178. The van der Waals surface area contributed by atoms with E-state index in [1.54, 1.807) is 12.1 Å². The molecule has 0 amide bonds. The fourth-order valence-electron chi connectivity index (χ4n) is 1.37. The average Bonchev–Trinajstić information content (AvgIpc) is 2.24. The molecule has 0 unspecified atom stereocenters. The number of hydrogen-bond donors (Lipinski definition) is 0. The molecule has 0 radical (unpaired) electrons. The van der Waals surface area contributed by atoms with Gasteiger partial charge in [-0.2, -0.15) is 0 Å². The Labute approximate surface area is 123 Å². The van der Waals surface area contributed by atoms with E-state index in [0.29, 0.717) is 34.9 Å². The summed E-state index contributed by atoms with van der Waals surface area (Å²) in [4.78, 5) is 0. The van der Waals surface area contributed by atoms with Crippen LogP contribution in [-0.2, 0) is 10.6 Å². The highest BCUT2D eigenvalue weighted by molar-refractivity contribution is 6.35. The summed E-state index contributed by atoms with van der Waals surface area (Å²) >= 11 is 17.8. The van der Waals surface area contributed by atoms with Crippen molar-refractivity contribution in [3.05, 3.63) is 27.7 Å². The molecule has 0 spiro atoms. The van der Waals surface area contributed by atoms with Crippen LogP contribution in [0, 0.1) is 0 Å². The highest BCUT2D eigenvalue weighted by Gasteiger charge is 2.12. The Morgan fingerprint density at radius 3 is 2.33 bits per heavy atom. The summed E-state index contributed by atoms with van der Waals surface area (Å²) < 4.78 is 11.2. The first-order chi connectivity index (χ1) is 8.33. The number of rotatable bonds is 5. The van der Waals surface area contributed by atoms with Gasteiger partial charge in [0, 0.05) is 10.6 Å². The maximum atomic E-state index is 6.07. The zero-order valence-corrected chi connectivity index (χ0v) is 13.0. The Balaban J connectivity index is 2.62. The lowest BCUT2D eigenvalue weighted by Gasteiger charge is -2.20. The molecule has 5 heteroatoms. The highest BCUT2D eigenvalue weighted by Crippen LogP contribution is 2.33. The predicted molar refractivity (Wildman–Crippen MR) is 77.2 cm³/mol. The van der Waals surface area contributed by atoms with Gasteiger partial charge in [0.2, 0.25) is 0 Å². The molecular formula is C13H17Cl3O2. The van der Waals surface area contributed by atoms with Gasteiger partial charge in [-0.3, -0.25) is 0 Å². The molecule has 0 N–H and O–H groups in total. The molecule has 0 aliphatic carbocycles. The molecule has 1 rings (SSSR count). The van der Waals surface area contributed by atoms with Crippen LogP contribution in [0.15, 0.2) is 12.1 Å². The van der Waals surface area contributed by atoms with E-state index in [-0.39, 0.29) is 5.60 Å². The Morgan fingerprint density at radius 1 is 1.11 bits per heavy atom. The van der Waals surface area contributed by atoms with Gasteiger partial charge in [0.05, 0.1) is 23.1 Å². The van der Waals surface area contributed by atoms with Crippen LogP contribution in [0.2, 0.25) is 10.0 Å². The lowest BCUT2D eigenvalue weighted by molar-refractivity contribution is -0.0163. The molecule has 18 heavy (non-hydrogen) atoms. The lowest BCUT2D eigenvalue weighted by atomic mass is 10.2. The van der Waals surface area contributed by atoms with Crippen LogP contribution < -0.4 is 4.74 Å². The van der Waals surface area contributed by atoms with Crippen molar-refractivity contribution in [2.24, 2.45) is 0 Å². The molecule has 0 saturated carbocycles. The molecule has 1 aromatic carbocycles. The van der Waals surface area contributed by atoms with Crippen molar-refractivity contribution >= 4 is 34.8 Å². The van der Waals surface area contributed by atoms with E-state index < -0.39 is 0 Å². The minimum absolute atomic E-state index is 0.178. The van der Waals surface area contributed by atoms with E-state index in [2.05, 4.69) is 0 Å². The van der Waals surface area contributed by atoms with Gasteiger partial charge >= 0.3 is 0 Å². The van der Waals surface area contributed by atoms with Gasteiger partial charge in [0.1, 0.15) is 12.4 Å². The van der Waals surface area contributed by atoms with Crippen molar-refractivity contribution in [3.8, 4) is 5.75 Å². The van der Waals surface area contributed by atoms with Gasteiger partial charge in [-0.05, 0) is 32.9 Å². The maximum absolute atomic E-state index is 6.07. The summed E-state index contributed by atoms with van der Waals surface area (Å²) in [7, 11) is 0. The summed E-state index contributed by atoms with van der Waals surface area (Å²) in [6.45, 7) is 6.89. The third kappa shape index (κ3) is 5.23. The zero-order valence-electron chi connectivity index (χ0n) is 10.7. The second-order valence-corrected chi connectivity index (χ2v) is 5.93. The van der Waals surface area contributed by atoms with Gasteiger partial charge in [-0.1, -0.05) is 23.2 Å². The summed E-state index contributed by atoms with van der Waals surface area (Å²) in [5.74, 6) is 0.879. The van der Waals surface area contributed by atoms with E-state index in [4.69, 9.17) is 44.3 Å². The van der Waals surface area contributed by atoms with Gasteiger partial charge < -0.3 is 9.47 Å². The fourth-order valence-corrected chi connectivity index (χ4v) is 2.15. The van der Waals surface area contributed by atoms with Crippen molar-refractivity contribution < 1.29 is 9.47 Å². The number of halogens is 3. The van der Waals surface area contributed by atoms with Crippen LogP contribution in [0.25, 0.3) is 0 Å². The number of ether oxygens (including phenoxy) is 2. The van der Waals surface area contributed by atoms with E-state index in [1.807, 2.05) is 20.8 Å². The molecule has 0 aliphatic heterocycles. The monoisotopic (exact) mass is 310 g/mol. The fraction of sp³-hybridized carbons (Fsp3) is 0.538. The first kappa shape index (κ1) is 15.9. The smallest absolute Gasteiger partial charge is 0.142 e. The van der Waals surface area contributed by atoms with E-state index >= 15 is 0 Å². The van der Waals surface area contributed by atoms with Crippen molar-refractivity contribution in [1.82, 2.24) is 0 Å². The first-order valence-electron chi connectivity index (χ1n) is 5.64. The second kappa shape index (κ2) is 6.85. The topological polar surface area (TPSA) is 18.5 Å². The van der Waals surface area contributed by atoms with Crippen molar-refractivity contribution in [2.45, 2.75) is 32.3 Å². The normalized spacial score (nSPS) is 11.7. The SMILES string of the molecule is CC(C)(C)OCCOc1c(Cl)cc(Cl)cc1CCl. The molecule has 1 aromatic rings. The van der Waals surface area contributed by atoms with Gasteiger partial charge in [-0.25, -0.2) is 0 Å². The molecule has 0 aliphatic rings. The Hall–Kier alpha value is -0.150. The summed E-state index contributed by atoms with van der Waals surface area (Å²) in [6.07, 6.45) is 0. The minimum Gasteiger partial charge on any atom is -0.489 e. The summed E-state index contributed by atoms with van der Waals surface area (Å²) in [5.41, 5.74) is 0.604. The summed E-state index contributed by atoms with van der Waals surface area (Å²) in [6, 6.07) is 3.39. The quantitative estimate of drug-likeness (QED) is 0.567. The largest absolute Gasteiger partial charge is 0.489 e. The van der Waals surface area contributed by atoms with Crippen molar-refractivity contribution in [3.63, 3.8) is 0 Å². The van der Waals surface area contributed by atoms with Crippen LogP contribution >= 0.6 is 34.8 Å². The Morgan fingerprint density at radius 2 is 1.78 bits per heavy atom. The molecule has 0 aromatic heterocycles. The molecule has 102 valence electrons. The molecule has 2 nitrogen and oxygen atoms in total. The van der Waals surface area contributed by atoms with Crippen molar-refractivity contribution in [1.29, 1.82) is 0 Å². The lowest BCUT2D eigenvalue weighted by Crippen LogP contribution is -2.22. The van der Waals surface area contributed by atoms with Crippen LogP contribution in [0.5, 0.6) is 5.75 Å². The van der Waals surface area contributed by atoms with E-state index in [0.717, 1.165) is 5.56 Å². The van der Waals surface area contributed by atoms with Crippen LogP contribution in [0.4, 0.5) is 0 Å². The van der Waals surface area contributed by atoms with Gasteiger partial charge in [0.15, 0.2) is 0 Å². The predicted octanol–water partition coefficient (Wildman–Crippen LogP) is 4.93. The standard InChI is InChI=1S/C13H17Cl3O2/c1-13(2,3)18-5-4-17-12-9(8-14)6-10(15)7-11(12)16/h6-7H,4-5,8H2,1-3H3. The first-order valence-corrected chi connectivity index (χ1v) is 6.93. The number of hydrogen-bond acceptors (Lipinski definition) is 2. The van der Waals surface area contributed by atoms with E-state index in [1.165, 1.54) is 0 Å². The van der Waals surface area contributed by atoms with E-state index in [9.17, 15) is 0 Å². The third-order valence-corrected chi connectivity index (χ3v) is 2.88. The second-order valence-electron chi connectivity index (χ2n) is 4.82. The Kier molecular flexibility index (Phi) is 6.06. The zero-order chi connectivity index (χ0) is 13.8. The summed E-state index contributed by atoms with van der Waals surface area (Å²) in [5, 5.41) is 1.02. The molecule has 0 fully saturated rings. The molecule has 0 atom stereocenters.